The SMILES string of the molecule is c1ccc(-c2cc(-c3ccccc3)nc(-n3c4c5ccccc5n(-c5ccccc5)c4n4c5ccccc5nc34)n2)cc1. The Balaban J connectivity index is 1.48. The van der Waals surface area contributed by atoms with Crippen molar-refractivity contribution in [3.63, 3.8) is 0 Å². The van der Waals surface area contributed by atoms with Gasteiger partial charge in [0.1, 0.15) is 5.52 Å². The van der Waals surface area contributed by atoms with Crippen molar-refractivity contribution in [3.8, 4) is 34.2 Å². The molecule has 0 aliphatic carbocycles. The van der Waals surface area contributed by atoms with Crippen LogP contribution in [-0.2, 0) is 0 Å². The first-order valence-corrected chi connectivity index (χ1v) is 14.3. The van der Waals surface area contributed by atoms with Crippen LogP contribution in [0.15, 0.2) is 146 Å². The number of imidazole rings is 2. The number of rotatable bonds is 4. The van der Waals surface area contributed by atoms with E-state index < -0.39 is 0 Å². The van der Waals surface area contributed by atoms with Crippen molar-refractivity contribution in [1.29, 1.82) is 0 Å². The minimum Gasteiger partial charge on any atom is -0.294 e. The molecule has 0 amide bonds. The average Bonchev–Trinajstić information content (AvgIpc) is 3.72. The summed E-state index contributed by atoms with van der Waals surface area (Å²) in [5.74, 6) is 1.34. The molecule has 0 saturated heterocycles. The Morgan fingerprint density at radius 2 is 1.02 bits per heavy atom. The number of aromatic nitrogens is 6. The maximum absolute atomic E-state index is 5.22. The van der Waals surface area contributed by atoms with E-state index in [4.69, 9.17) is 15.0 Å². The molecular formula is C37H24N6. The van der Waals surface area contributed by atoms with Gasteiger partial charge >= 0.3 is 0 Å². The summed E-state index contributed by atoms with van der Waals surface area (Å²) in [6.45, 7) is 0. The van der Waals surface area contributed by atoms with E-state index in [-0.39, 0.29) is 0 Å². The predicted octanol–water partition coefficient (Wildman–Crippen LogP) is 8.50. The van der Waals surface area contributed by atoms with Gasteiger partial charge in [-0.2, -0.15) is 0 Å². The van der Waals surface area contributed by atoms with Crippen molar-refractivity contribution in [2.45, 2.75) is 0 Å². The summed E-state index contributed by atoms with van der Waals surface area (Å²) in [5, 5.41) is 1.10. The van der Waals surface area contributed by atoms with Crippen molar-refractivity contribution in [1.82, 2.24) is 28.5 Å². The molecule has 0 spiro atoms. The third kappa shape index (κ3) is 3.57. The number of fused-ring (bicyclic) bond motifs is 7. The second-order valence-corrected chi connectivity index (χ2v) is 10.6. The highest BCUT2D eigenvalue weighted by atomic mass is 15.3. The largest absolute Gasteiger partial charge is 0.294 e. The lowest BCUT2D eigenvalue weighted by Crippen LogP contribution is -2.04. The van der Waals surface area contributed by atoms with Crippen molar-refractivity contribution >= 4 is 38.9 Å². The zero-order valence-electron chi connectivity index (χ0n) is 23.0. The summed E-state index contributed by atoms with van der Waals surface area (Å²) in [4.78, 5) is 15.6. The van der Waals surface area contributed by atoms with E-state index >= 15 is 0 Å². The van der Waals surface area contributed by atoms with Gasteiger partial charge in [0.15, 0.2) is 5.65 Å². The monoisotopic (exact) mass is 552 g/mol. The summed E-state index contributed by atoms with van der Waals surface area (Å²) in [7, 11) is 0. The Morgan fingerprint density at radius 1 is 0.465 bits per heavy atom. The van der Waals surface area contributed by atoms with Gasteiger partial charge in [-0.3, -0.25) is 8.97 Å². The molecule has 0 radical (unpaired) electrons. The van der Waals surface area contributed by atoms with E-state index in [2.05, 4.69) is 111 Å². The Kier molecular flexibility index (Phi) is 5.10. The molecule has 5 aromatic carbocycles. The Labute approximate surface area is 246 Å². The lowest BCUT2D eigenvalue weighted by Gasteiger charge is -2.10. The summed E-state index contributed by atoms with van der Waals surface area (Å²) in [5.41, 5.74) is 9.93. The molecular weight excluding hydrogens is 528 g/mol. The fourth-order valence-corrected chi connectivity index (χ4v) is 6.18. The summed E-state index contributed by atoms with van der Waals surface area (Å²) < 4.78 is 6.70. The normalized spacial score (nSPS) is 11.7. The van der Waals surface area contributed by atoms with Crippen LogP contribution in [0, 0.1) is 0 Å². The van der Waals surface area contributed by atoms with Gasteiger partial charge in [-0.05, 0) is 36.4 Å². The molecule has 0 unspecified atom stereocenters. The van der Waals surface area contributed by atoms with Crippen molar-refractivity contribution < 1.29 is 0 Å². The van der Waals surface area contributed by atoms with E-state index in [1.54, 1.807) is 0 Å². The minimum atomic E-state index is 0.575. The zero-order chi connectivity index (χ0) is 28.3. The molecule has 4 heterocycles. The Hall–Kier alpha value is -6.01. The second kappa shape index (κ2) is 9.26. The van der Waals surface area contributed by atoms with E-state index in [0.717, 1.165) is 67.1 Å². The highest BCUT2D eigenvalue weighted by Crippen LogP contribution is 2.38. The van der Waals surface area contributed by atoms with Gasteiger partial charge in [0.2, 0.25) is 11.7 Å². The second-order valence-electron chi connectivity index (χ2n) is 10.6. The third-order valence-electron chi connectivity index (χ3n) is 8.07. The first-order chi connectivity index (χ1) is 21.3. The molecule has 0 aliphatic rings. The van der Waals surface area contributed by atoms with Crippen LogP contribution in [0.5, 0.6) is 0 Å². The van der Waals surface area contributed by atoms with E-state index in [1.165, 1.54) is 0 Å². The minimum absolute atomic E-state index is 0.575. The lowest BCUT2D eigenvalue weighted by atomic mass is 10.1. The highest BCUT2D eigenvalue weighted by Gasteiger charge is 2.26. The van der Waals surface area contributed by atoms with Crippen molar-refractivity contribution in [3.05, 3.63) is 146 Å². The fraction of sp³-hybridized carbons (Fsp3) is 0. The van der Waals surface area contributed by atoms with Crippen molar-refractivity contribution in [2.24, 2.45) is 0 Å². The molecule has 9 aromatic rings. The number of nitrogens with zero attached hydrogens (tertiary/aromatic N) is 6. The maximum atomic E-state index is 5.22. The number of para-hydroxylation sites is 4. The topological polar surface area (TPSA) is 52.9 Å². The van der Waals surface area contributed by atoms with Crippen LogP contribution >= 0.6 is 0 Å². The molecule has 43 heavy (non-hydrogen) atoms. The van der Waals surface area contributed by atoms with Crippen LogP contribution in [0.3, 0.4) is 0 Å². The molecule has 6 heteroatoms. The maximum Gasteiger partial charge on any atom is 0.238 e. The van der Waals surface area contributed by atoms with Gasteiger partial charge in [0, 0.05) is 22.2 Å². The molecule has 9 rings (SSSR count). The van der Waals surface area contributed by atoms with Crippen LogP contribution in [0.1, 0.15) is 0 Å². The molecule has 202 valence electrons. The molecule has 0 atom stereocenters. The van der Waals surface area contributed by atoms with Gasteiger partial charge in [0.05, 0.1) is 27.9 Å². The highest BCUT2D eigenvalue weighted by molar-refractivity contribution is 6.10. The quantitative estimate of drug-likeness (QED) is 0.220. The first kappa shape index (κ1) is 23.7. The van der Waals surface area contributed by atoms with E-state index in [0.29, 0.717) is 5.95 Å². The molecule has 0 N–H and O–H groups in total. The van der Waals surface area contributed by atoms with Gasteiger partial charge in [-0.25, -0.2) is 19.5 Å². The summed E-state index contributed by atoms with van der Waals surface area (Å²) in [6.07, 6.45) is 0. The smallest absolute Gasteiger partial charge is 0.238 e. The molecule has 0 saturated carbocycles. The van der Waals surface area contributed by atoms with Crippen LogP contribution < -0.4 is 0 Å². The summed E-state index contributed by atoms with van der Waals surface area (Å²) >= 11 is 0. The van der Waals surface area contributed by atoms with Gasteiger partial charge in [-0.1, -0.05) is 109 Å². The predicted molar refractivity (Wildman–Crippen MR) is 173 cm³/mol. The first-order valence-electron chi connectivity index (χ1n) is 14.3. The third-order valence-corrected chi connectivity index (χ3v) is 8.07. The molecule has 0 fully saturated rings. The summed E-state index contributed by atoms with van der Waals surface area (Å²) in [6, 6.07) is 50.0. The molecule has 4 aromatic heterocycles. The van der Waals surface area contributed by atoms with Crippen LogP contribution in [0.25, 0.3) is 73.0 Å². The van der Waals surface area contributed by atoms with Crippen LogP contribution in [0.2, 0.25) is 0 Å². The fourth-order valence-electron chi connectivity index (χ4n) is 6.18. The molecule has 0 aliphatic heterocycles. The zero-order valence-corrected chi connectivity index (χ0v) is 23.0. The van der Waals surface area contributed by atoms with Crippen LogP contribution in [0.4, 0.5) is 0 Å². The van der Waals surface area contributed by atoms with E-state index in [1.807, 2.05) is 48.5 Å². The Morgan fingerprint density at radius 3 is 1.70 bits per heavy atom. The molecule has 6 nitrogen and oxygen atoms in total. The molecule has 0 bridgehead atoms. The van der Waals surface area contributed by atoms with Crippen molar-refractivity contribution in [2.75, 3.05) is 0 Å². The van der Waals surface area contributed by atoms with E-state index in [9.17, 15) is 0 Å². The Bertz CT molecular complexity index is 2380. The number of benzene rings is 5. The standard InChI is InChI=1S/C37H24N6/c1-4-14-25(15-5-1)30-24-31(26-16-6-2-7-17-26)39-36(38-30)43-34-28-20-10-12-22-32(28)41(27-18-8-3-9-19-27)35(34)42-33-23-13-11-21-29(33)40-37(42)43/h1-24H. The number of hydrogen-bond acceptors (Lipinski definition) is 3. The lowest BCUT2D eigenvalue weighted by molar-refractivity contribution is 0.973. The van der Waals surface area contributed by atoms with Gasteiger partial charge in [-0.15, -0.1) is 0 Å². The van der Waals surface area contributed by atoms with Gasteiger partial charge in [0.25, 0.3) is 0 Å². The number of hydrogen-bond donors (Lipinski definition) is 0. The average molecular weight is 553 g/mol. The van der Waals surface area contributed by atoms with Crippen LogP contribution in [-0.4, -0.2) is 28.5 Å². The van der Waals surface area contributed by atoms with Gasteiger partial charge < -0.3 is 0 Å².